The van der Waals surface area contributed by atoms with E-state index in [1.54, 1.807) is 12.0 Å². The van der Waals surface area contributed by atoms with Gasteiger partial charge < -0.3 is 19.6 Å². The molecule has 0 atom stereocenters. The molecule has 0 aromatic heterocycles. The Labute approximate surface area is 124 Å². The molecule has 6 nitrogen and oxygen atoms in total. The summed E-state index contributed by atoms with van der Waals surface area (Å²) in [7, 11) is 1.59. The van der Waals surface area contributed by atoms with Crippen LogP contribution in [0.15, 0.2) is 29.4 Å². The van der Waals surface area contributed by atoms with E-state index >= 15 is 0 Å². The fraction of sp³-hybridized carbons (Fsp3) is 0.467. The van der Waals surface area contributed by atoms with E-state index in [1.807, 2.05) is 24.3 Å². The van der Waals surface area contributed by atoms with E-state index in [-0.39, 0.29) is 12.5 Å². The quantitative estimate of drug-likeness (QED) is 0.509. The highest BCUT2D eigenvalue weighted by Crippen LogP contribution is 2.26. The predicted octanol–water partition coefficient (Wildman–Crippen LogP) is 1.65. The van der Waals surface area contributed by atoms with Crippen molar-refractivity contribution in [3.05, 3.63) is 29.8 Å². The second-order valence-corrected chi connectivity index (χ2v) is 4.76. The second kappa shape index (κ2) is 7.75. The summed E-state index contributed by atoms with van der Waals surface area (Å²) >= 11 is 0. The lowest BCUT2D eigenvalue weighted by Gasteiger charge is -2.22. The molecule has 0 bridgehead atoms. The summed E-state index contributed by atoms with van der Waals surface area (Å²) < 4.78 is 10.2. The maximum Gasteiger partial charge on any atom is 0.252 e. The number of nitrogens with zero attached hydrogens (tertiary/aromatic N) is 2. The Morgan fingerprint density at radius 3 is 2.95 bits per heavy atom. The van der Waals surface area contributed by atoms with Crippen LogP contribution in [-0.2, 0) is 14.3 Å². The van der Waals surface area contributed by atoms with E-state index in [0.29, 0.717) is 31.9 Å². The van der Waals surface area contributed by atoms with Crippen LogP contribution < -0.4 is 4.90 Å². The minimum atomic E-state index is -0.0993. The van der Waals surface area contributed by atoms with Crippen molar-refractivity contribution >= 4 is 17.3 Å². The first kappa shape index (κ1) is 15.5. The van der Waals surface area contributed by atoms with Crippen molar-refractivity contribution in [2.75, 3.05) is 38.4 Å². The van der Waals surface area contributed by atoms with Gasteiger partial charge in [0.25, 0.3) is 5.91 Å². The number of carbonyl (C=O) groups is 1. The van der Waals surface area contributed by atoms with Gasteiger partial charge in [-0.05, 0) is 18.9 Å². The van der Waals surface area contributed by atoms with Crippen LogP contribution in [0.4, 0.5) is 5.69 Å². The first-order chi connectivity index (χ1) is 10.3. The number of benzene rings is 1. The molecule has 0 saturated heterocycles. The monoisotopic (exact) mass is 292 g/mol. The van der Waals surface area contributed by atoms with Gasteiger partial charge in [0.05, 0.1) is 24.6 Å². The Morgan fingerprint density at radius 1 is 1.38 bits per heavy atom. The molecule has 1 amide bonds. The maximum absolute atomic E-state index is 12.3. The van der Waals surface area contributed by atoms with Crippen molar-refractivity contribution in [3.63, 3.8) is 0 Å². The third-order valence-electron chi connectivity index (χ3n) is 3.38. The highest BCUT2D eigenvalue weighted by molar-refractivity contribution is 6.09. The van der Waals surface area contributed by atoms with Crippen LogP contribution in [0.5, 0.6) is 0 Å². The molecule has 0 spiro atoms. The van der Waals surface area contributed by atoms with Crippen molar-refractivity contribution < 1.29 is 19.5 Å². The SMILES string of the molecule is COCCOCC(=O)N1CCC/C(=N/O)c2ccccc21. The number of para-hydroxylation sites is 1. The summed E-state index contributed by atoms with van der Waals surface area (Å²) in [5.41, 5.74) is 2.17. The number of fused-ring (bicyclic) bond motifs is 1. The van der Waals surface area contributed by atoms with Crippen LogP contribution in [0.1, 0.15) is 18.4 Å². The topological polar surface area (TPSA) is 71.4 Å². The van der Waals surface area contributed by atoms with Crippen LogP contribution in [-0.4, -0.2) is 50.3 Å². The van der Waals surface area contributed by atoms with E-state index < -0.39 is 0 Å². The Balaban J connectivity index is 2.14. The summed E-state index contributed by atoms with van der Waals surface area (Å²) in [6, 6.07) is 7.46. The molecule has 1 N–H and O–H groups in total. The van der Waals surface area contributed by atoms with Gasteiger partial charge in [-0.15, -0.1) is 0 Å². The van der Waals surface area contributed by atoms with Gasteiger partial charge in [0.1, 0.15) is 6.61 Å². The zero-order chi connectivity index (χ0) is 15.1. The average Bonchev–Trinajstić information content (AvgIpc) is 2.70. The summed E-state index contributed by atoms with van der Waals surface area (Å²) in [6.45, 7) is 1.46. The highest BCUT2D eigenvalue weighted by atomic mass is 16.5. The number of amides is 1. The maximum atomic E-state index is 12.3. The third kappa shape index (κ3) is 3.80. The average molecular weight is 292 g/mol. The lowest BCUT2D eigenvalue weighted by atomic mass is 10.1. The molecule has 6 heteroatoms. The number of ether oxygens (including phenoxy) is 2. The fourth-order valence-corrected chi connectivity index (χ4v) is 2.36. The molecule has 1 aromatic rings. The molecule has 1 heterocycles. The van der Waals surface area contributed by atoms with Crippen molar-refractivity contribution in [2.45, 2.75) is 12.8 Å². The van der Waals surface area contributed by atoms with E-state index in [9.17, 15) is 4.79 Å². The molecule has 0 unspecified atom stereocenters. The molecule has 0 radical (unpaired) electrons. The number of hydrogen-bond acceptors (Lipinski definition) is 5. The number of methoxy groups -OCH3 is 1. The molecule has 2 rings (SSSR count). The lowest BCUT2D eigenvalue weighted by Crippen LogP contribution is -2.35. The number of carbonyl (C=O) groups excluding carboxylic acids is 1. The van der Waals surface area contributed by atoms with Gasteiger partial charge in [-0.2, -0.15) is 0 Å². The zero-order valence-corrected chi connectivity index (χ0v) is 12.1. The van der Waals surface area contributed by atoms with Gasteiger partial charge in [-0.3, -0.25) is 4.79 Å². The summed E-state index contributed by atoms with van der Waals surface area (Å²) in [4.78, 5) is 14.0. The van der Waals surface area contributed by atoms with Crippen LogP contribution in [0.25, 0.3) is 0 Å². The highest BCUT2D eigenvalue weighted by Gasteiger charge is 2.24. The van der Waals surface area contributed by atoms with E-state index in [2.05, 4.69) is 5.16 Å². The minimum absolute atomic E-state index is 0.0172. The molecule has 0 fully saturated rings. The summed E-state index contributed by atoms with van der Waals surface area (Å²) in [5.74, 6) is -0.0993. The van der Waals surface area contributed by atoms with Crippen LogP contribution in [0, 0.1) is 0 Å². The first-order valence-electron chi connectivity index (χ1n) is 6.95. The van der Waals surface area contributed by atoms with Gasteiger partial charge in [0, 0.05) is 19.2 Å². The summed E-state index contributed by atoms with van der Waals surface area (Å²) in [5, 5.41) is 12.5. The molecule has 1 aliphatic heterocycles. The van der Waals surface area contributed by atoms with Crippen molar-refractivity contribution in [1.82, 2.24) is 0 Å². The molecule has 1 aliphatic rings. The van der Waals surface area contributed by atoms with Crippen molar-refractivity contribution in [1.29, 1.82) is 0 Å². The molecule has 0 saturated carbocycles. The van der Waals surface area contributed by atoms with Gasteiger partial charge in [0.2, 0.25) is 0 Å². The van der Waals surface area contributed by atoms with Crippen LogP contribution in [0.3, 0.4) is 0 Å². The van der Waals surface area contributed by atoms with Gasteiger partial charge in [-0.25, -0.2) is 0 Å². The number of oxime groups is 1. The van der Waals surface area contributed by atoms with Crippen LogP contribution in [0.2, 0.25) is 0 Å². The third-order valence-corrected chi connectivity index (χ3v) is 3.38. The molecular weight excluding hydrogens is 272 g/mol. The minimum Gasteiger partial charge on any atom is -0.411 e. The van der Waals surface area contributed by atoms with Gasteiger partial charge in [-0.1, -0.05) is 23.4 Å². The van der Waals surface area contributed by atoms with Gasteiger partial charge in [0.15, 0.2) is 0 Å². The first-order valence-corrected chi connectivity index (χ1v) is 6.95. The molecular formula is C15H20N2O4. The van der Waals surface area contributed by atoms with E-state index in [4.69, 9.17) is 14.7 Å². The van der Waals surface area contributed by atoms with E-state index in [1.165, 1.54) is 0 Å². The number of hydrogen-bond donors (Lipinski definition) is 1. The largest absolute Gasteiger partial charge is 0.411 e. The molecule has 21 heavy (non-hydrogen) atoms. The standard InChI is InChI=1S/C15H20N2O4/c1-20-9-10-21-11-15(18)17-8-4-6-13(16-19)12-5-2-3-7-14(12)17/h2-3,5,7,19H,4,6,8-11H2,1H3/b16-13-. The summed E-state index contributed by atoms with van der Waals surface area (Å²) in [6.07, 6.45) is 1.39. The predicted molar refractivity (Wildman–Crippen MR) is 79.0 cm³/mol. The van der Waals surface area contributed by atoms with Gasteiger partial charge >= 0.3 is 0 Å². The molecule has 114 valence electrons. The Hall–Kier alpha value is -1.92. The normalized spacial score (nSPS) is 16.6. The Bertz CT molecular complexity index is 516. The number of rotatable bonds is 5. The fourth-order valence-electron chi connectivity index (χ4n) is 2.36. The molecule has 1 aromatic carbocycles. The molecule has 0 aliphatic carbocycles. The Morgan fingerprint density at radius 2 is 2.19 bits per heavy atom. The lowest BCUT2D eigenvalue weighted by molar-refractivity contribution is -0.123. The van der Waals surface area contributed by atoms with Crippen LogP contribution >= 0.6 is 0 Å². The van der Waals surface area contributed by atoms with Crippen molar-refractivity contribution in [3.8, 4) is 0 Å². The van der Waals surface area contributed by atoms with E-state index in [0.717, 1.165) is 17.7 Å². The second-order valence-electron chi connectivity index (χ2n) is 4.76. The smallest absolute Gasteiger partial charge is 0.252 e. The zero-order valence-electron chi connectivity index (χ0n) is 12.1. The van der Waals surface area contributed by atoms with Crippen molar-refractivity contribution in [2.24, 2.45) is 5.16 Å². The Kier molecular flexibility index (Phi) is 5.71. The number of anilines is 1.